The Bertz CT molecular complexity index is 428. The number of aliphatic imine (C=N–C) groups is 1. The van der Waals surface area contributed by atoms with Gasteiger partial charge >= 0.3 is 6.09 Å². The maximum atomic E-state index is 10.8. The van der Waals surface area contributed by atoms with E-state index in [4.69, 9.17) is 21.9 Å². The normalized spacial score (nSPS) is 40.6. The first kappa shape index (κ1) is 12.5. The maximum absolute atomic E-state index is 10.8. The maximum Gasteiger partial charge on any atom is 0.404 e. The molecule has 19 heavy (non-hydrogen) atoms. The first-order chi connectivity index (χ1) is 9.03. The van der Waals surface area contributed by atoms with Crippen LogP contribution in [0.15, 0.2) is 4.99 Å². The van der Waals surface area contributed by atoms with Crippen molar-refractivity contribution in [1.29, 1.82) is 0 Å². The number of nitrogens with two attached hydrogens (primary N) is 3. The molecule has 4 atom stereocenters. The molecule has 8 N–H and O–H groups in total. The summed E-state index contributed by atoms with van der Waals surface area (Å²) < 4.78 is 4.87. The second kappa shape index (κ2) is 4.22. The number of nitrogens with zero attached hydrogens (tertiary/aromatic N) is 2. The second-order valence-corrected chi connectivity index (χ2v) is 5.13. The number of carbonyl (C=O) groups is 1. The fraction of sp³-hybridized carbons (Fsp3) is 0.800. The van der Waals surface area contributed by atoms with E-state index in [-0.39, 0.29) is 30.6 Å². The molecule has 3 aliphatic heterocycles. The summed E-state index contributed by atoms with van der Waals surface area (Å²) in [4.78, 5) is 17.2. The largest absolute Gasteiger partial charge is 0.447 e. The van der Waals surface area contributed by atoms with Gasteiger partial charge in [0.05, 0.1) is 6.04 Å². The Morgan fingerprint density at radius 2 is 2.42 bits per heavy atom. The van der Waals surface area contributed by atoms with Crippen molar-refractivity contribution < 1.29 is 9.53 Å². The molecular weight excluding hydrogens is 250 g/mol. The number of nitrogens with one attached hydrogen (secondary N) is 2. The number of hydrogen-bond acceptors (Lipinski definition) is 8. The minimum atomic E-state index is -0.813. The van der Waals surface area contributed by atoms with E-state index in [1.54, 1.807) is 0 Å². The van der Waals surface area contributed by atoms with Crippen LogP contribution >= 0.6 is 0 Å². The van der Waals surface area contributed by atoms with Gasteiger partial charge in [-0.15, -0.1) is 0 Å². The van der Waals surface area contributed by atoms with Crippen LogP contribution in [0.25, 0.3) is 0 Å². The monoisotopic (exact) mass is 269 g/mol. The molecule has 3 rings (SSSR count). The standard InChI is InChI=1S/C10H19N7O2/c11-7-15-6-5(4-19-9(13)18)14-8(12)17-3-1-2-10(6,17)16-7/h5-7,15-16H,1-4,11H2,(H2,12,14)(H2,13,18)/t5-,6-,7?,10+/m0/s1. The van der Waals surface area contributed by atoms with Gasteiger partial charge in [-0.3, -0.25) is 10.6 Å². The third kappa shape index (κ3) is 1.81. The van der Waals surface area contributed by atoms with E-state index < -0.39 is 6.09 Å². The molecule has 0 aromatic rings. The first-order valence-corrected chi connectivity index (χ1v) is 6.35. The summed E-state index contributed by atoms with van der Waals surface area (Å²) in [6.45, 7) is 0.939. The molecule has 0 aliphatic carbocycles. The molecule has 3 aliphatic rings. The quantitative estimate of drug-likeness (QED) is 0.369. The zero-order valence-electron chi connectivity index (χ0n) is 10.5. The fourth-order valence-corrected chi connectivity index (χ4v) is 3.41. The van der Waals surface area contributed by atoms with E-state index in [0.29, 0.717) is 5.96 Å². The van der Waals surface area contributed by atoms with Gasteiger partial charge < -0.3 is 26.8 Å². The predicted octanol–water partition coefficient (Wildman–Crippen LogP) is -2.63. The molecule has 3 heterocycles. The average Bonchev–Trinajstić information content (AvgIpc) is 2.89. The third-order valence-corrected chi connectivity index (χ3v) is 4.06. The van der Waals surface area contributed by atoms with Crippen molar-refractivity contribution in [3.63, 3.8) is 0 Å². The molecule has 1 unspecified atom stereocenters. The molecule has 0 saturated carbocycles. The van der Waals surface area contributed by atoms with Crippen molar-refractivity contribution in [2.24, 2.45) is 22.2 Å². The Hall–Kier alpha value is -1.58. The van der Waals surface area contributed by atoms with Crippen LogP contribution in [-0.2, 0) is 4.74 Å². The molecule has 0 bridgehead atoms. The van der Waals surface area contributed by atoms with Crippen LogP contribution in [0.4, 0.5) is 4.79 Å². The van der Waals surface area contributed by atoms with Crippen molar-refractivity contribution >= 4 is 12.1 Å². The van der Waals surface area contributed by atoms with Crippen LogP contribution in [0, 0.1) is 0 Å². The number of amides is 1. The lowest BCUT2D eigenvalue weighted by atomic mass is 9.91. The van der Waals surface area contributed by atoms with Crippen molar-refractivity contribution in [3.05, 3.63) is 0 Å². The Morgan fingerprint density at radius 1 is 1.63 bits per heavy atom. The number of hydrogen-bond donors (Lipinski definition) is 5. The van der Waals surface area contributed by atoms with Gasteiger partial charge in [-0.1, -0.05) is 0 Å². The minimum Gasteiger partial charge on any atom is -0.447 e. The van der Waals surface area contributed by atoms with Crippen molar-refractivity contribution in [1.82, 2.24) is 15.5 Å². The van der Waals surface area contributed by atoms with Gasteiger partial charge in [0, 0.05) is 6.54 Å². The zero-order chi connectivity index (χ0) is 13.6. The van der Waals surface area contributed by atoms with Gasteiger partial charge in [-0.2, -0.15) is 0 Å². The smallest absolute Gasteiger partial charge is 0.404 e. The zero-order valence-corrected chi connectivity index (χ0v) is 10.5. The summed E-state index contributed by atoms with van der Waals surface area (Å²) in [5.74, 6) is 0.454. The van der Waals surface area contributed by atoms with Crippen LogP contribution in [0.5, 0.6) is 0 Å². The van der Waals surface area contributed by atoms with Crippen LogP contribution in [0.1, 0.15) is 12.8 Å². The molecular formula is C10H19N7O2. The van der Waals surface area contributed by atoms with Gasteiger partial charge in [-0.05, 0) is 12.8 Å². The second-order valence-electron chi connectivity index (χ2n) is 5.13. The van der Waals surface area contributed by atoms with Crippen LogP contribution in [0.2, 0.25) is 0 Å². The van der Waals surface area contributed by atoms with Gasteiger partial charge in [0.15, 0.2) is 5.96 Å². The van der Waals surface area contributed by atoms with Gasteiger partial charge in [0.1, 0.15) is 24.6 Å². The minimum absolute atomic E-state index is 0.0587. The van der Waals surface area contributed by atoms with E-state index in [1.165, 1.54) is 0 Å². The SMILES string of the molecule is NC(=O)OC[C@@H]1N=C(N)N2CCC[C@@]23NC(N)N[C@@H]13. The molecule has 1 amide bonds. The molecule has 0 radical (unpaired) electrons. The first-order valence-electron chi connectivity index (χ1n) is 6.35. The fourth-order valence-electron chi connectivity index (χ4n) is 3.41. The number of primary amides is 1. The van der Waals surface area contributed by atoms with E-state index in [1.807, 2.05) is 4.90 Å². The van der Waals surface area contributed by atoms with Gasteiger partial charge in [-0.25, -0.2) is 9.79 Å². The Kier molecular flexibility index (Phi) is 2.77. The summed E-state index contributed by atoms with van der Waals surface area (Å²) in [5.41, 5.74) is 16.6. The highest BCUT2D eigenvalue weighted by Gasteiger charge is 2.58. The number of carbonyl (C=O) groups excluding carboxylic acids is 1. The Morgan fingerprint density at radius 3 is 3.16 bits per heavy atom. The molecule has 9 heteroatoms. The highest BCUT2D eigenvalue weighted by atomic mass is 16.5. The number of guanidine groups is 1. The van der Waals surface area contributed by atoms with E-state index in [9.17, 15) is 4.79 Å². The van der Waals surface area contributed by atoms with Gasteiger partial charge in [0.2, 0.25) is 0 Å². The summed E-state index contributed by atoms with van der Waals surface area (Å²) in [6, 6.07) is -0.348. The van der Waals surface area contributed by atoms with E-state index in [2.05, 4.69) is 15.6 Å². The molecule has 1 spiro atoms. The van der Waals surface area contributed by atoms with Crippen molar-refractivity contribution in [2.75, 3.05) is 13.2 Å². The van der Waals surface area contributed by atoms with Gasteiger partial charge in [0.25, 0.3) is 0 Å². The Balaban J connectivity index is 1.88. The van der Waals surface area contributed by atoms with Crippen LogP contribution < -0.4 is 27.8 Å². The molecule has 9 nitrogen and oxygen atoms in total. The molecule has 2 fully saturated rings. The summed E-state index contributed by atoms with van der Waals surface area (Å²) in [5, 5.41) is 6.58. The third-order valence-electron chi connectivity index (χ3n) is 4.06. The van der Waals surface area contributed by atoms with Crippen LogP contribution in [0.3, 0.4) is 0 Å². The highest BCUT2D eigenvalue weighted by molar-refractivity contribution is 5.81. The number of ether oxygens (including phenoxy) is 1. The summed E-state index contributed by atoms with van der Waals surface area (Å²) >= 11 is 0. The lowest BCUT2D eigenvalue weighted by Gasteiger charge is -2.45. The topological polar surface area (TPSA) is 144 Å². The molecule has 106 valence electrons. The average molecular weight is 269 g/mol. The molecule has 0 aromatic heterocycles. The van der Waals surface area contributed by atoms with Crippen molar-refractivity contribution in [2.45, 2.75) is 36.9 Å². The van der Waals surface area contributed by atoms with Crippen LogP contribution in [-0.4, -0.2) is 54.1 Å². The molecule has 2 saturated heterocycles. The summed E-state index contributed by atoms with van der Waals surface area (Å²) in [7, 11) is 0. The van der Waals surface area contributed by atoms with Crippen molar-refractivity contribution in [3.8, 4) is 0 Å². The summed E-state index contributed by atoms with van der Waals surface area (Å²) in [6.07, 6.45) is 0.786. The predicted molar refractivity (Wildman–Crippen MR) is 67.7 cm³/mol. The molecule has 0 aromatic carbocycles. The lowest BCUT2D eigenvalue weighted by Crippen LogP contribution is -2.68. The highest BCUT2D eigenvalue weighted by Crippen LogP contribution is 2.37. The van der Waals surface area contributed by atoms with E-state index in [0.717, 1.165) is 19.4 Å². The number of rotatable bonds is 2. The Labute approximate surface area is 110 Å². The van der Waals surface area contributed by atoms with E-state index >= 15 is 0 Å². The lowest BCUT2D eigenvalue weighted by molar-refractivity contribution is 0.0992.